The van der Waals surface area contributed by atoms with E-state index in [0.717, 1.165) is 36.2 Å². The second kappa shape index (κ2) is 11.5. The molecule has 7 nitrogen and oxygen atoms in total. The van der Waals surface area contributed by atoms with Gasteiger partial charge in [-0.2, -0.15) is 0 Å². The summed E-state index contributed by atoms with van der Waals surface area (Å²) in [6.45, 7) is 7.71. The van der Waals surface area contributed by atoms with E-state index in [1.54, 1.807) is 23.1 Å². The molecule has 2 aliphatic carbocycles. The zero-order valence-corrected chi connectivity index (χ0v) is 22.5. The van der Waals surface area contributed by atoms with Gasteiger partial charge in [-0.3, -0.25) is 19.3 Å². The summed E-state index contributed by atoms with van der Waals surface area (Å²) in [6.07, 6.45) is 8.01. The predicted octanol–water partition coefficient (Wildman–Crippen LogP) is 3.83. The van der Waals surface area contributed by atoms with Crippen LogP contribution >= 0.6 is 11.6 Å². The Morgan fingerprint density at radius 3 is 2.36 bits per heavy atom. The van der Waals surface area contributed by atoms with E-state index in [1.165, 1.54) is 25.7 Å². The highest BCUT2D eigenvalue weighted by molar-refractivity contribution is 6.30. The Morgan fingerprint density at radius 2 is 1.75 bits per heavy atom. The van der Waals surface area contributed by atoms with Gasteiger partial charge in [-0.1, -0.05) is 31.9 Å². The summed E-state index contributed by atoms with van der Waals surface area (Å²) in [5.41, 5.74) is 6.83. The van der Waals surface area contributed by atoms with Crippen LogP contribution in [0.4, 0.5) is 0 Å². The van der Waals surface area contributed by atoms with Gasteiger partial charge in [0, 0.05) is 49.7 Å². The average molecular weight is 517 g/mol. The lowest BCUT2D eigenvalue weighted by Gasteiger charge is -2.47. The topological polar surface area (TPSA) is 95.7 Å². The molecule has 3 N–H and O–H groups in total. The molecule has 36 heavy (non-hydrogen) atoms. The molecule has 1 aromatic carbocycles. The van der Waals surface area contributed by atoms with Crippen molar-refractivity contribution in [2.24, 2.45) is 28.9 Å². The van der Waals surface area contributed by atoms with Crippen LogP contribution in [0.1, 0.15) is 74.7 Å². The van der Waals surface area contributed by atoms with Crippen LogP contribution in [-0.2, 0) is 16.1 Å². The third-order valence-electron chi connectivity index (χ3n) is 8.62. The molecule has 1 heterocycles. The molecule has 3 aliphatic rings. The van der Waals surface area contributed by atoms with Crippen molar-refractivity contribution in [3.8, 4) is 0 Å². The number of nitrogens with one attached hydrogen (secondary N) is 1. The molecular weight excluding hydrogens is 476 g/mol. The lowest BCUT2D eigenvalue weighted by atomic mass is 9.58. The zero-order valence-electron chi connectivity index (χ0n) is 21.7. The maximum atomic E-state index is 12.8. The Balaban J connectivity index is 1.20. The highest BCUT2D eigenvalue weighted by atomic mass is 35.5. The summed E-state index contributed by atoms with van der Waals surface area (Å²) >= 11 is 6.11. The van der Waals surface area contributed by atoms with Crippen molar-refractivity contribution in [1.29, 1.82) is 0 Å². The number of fused-ring (bicyclic) bond motifs is 2. The van der Waals surface area contributed by atoms with E-state index in [4.69, 9.17) is 17.3 Å². The molecule has 2 saturated carbocycles. The number of carbonyl (C=O) groups excluding carboxylic acids is 3. The van der Waals surface area contributed by atoms with Crippen LogP contribution in [0, 0.1) is 23.2 Å². The number of amides is 3. The SMILES string of the molecule is CCC1CC2CC(C1)CC(C)(CC(=O)NCC(=O)N1CCN(Cc3cc(Cl)ccc3C(N)=O)CC1)C2. The standard InChI is InChI=1S/C28H41ClN4O3/c1-3-19-10-20-12-21(11-19)15-28(2,14-20)16-25(34)31-17-26(35)33-8-6-32(7-9-33)18-22-13-23(29)4-5-24(22)27(30)36/h4-5,13,19-21H,3,6-12,14-18H2,1-2H3,(H2,30,36)(H,31,34). The van der Waals surface area contributed by atoms with Gasteiger partial charge in [0.25, 0.3) is 0 Å². The van der Waals surface area contributed by atoms with Gasteiger partial charge in [-0.05, 0) is 79.0 Å². The molecule has 2 unspecified atom stereocenters. The molecular formula is C28H41ClN4O3. The first-order valence-corrected chi connectivity index (χ1v) is 13.9. The van der Waals surface area contributed by atoms with Gasteiger partial charge in [0.1, 0.15) is 0 Å². The number of hydrogen-bond donors (Lipinski definition) is 2. The van der Waals surface area contributed by atoms with Gasteiger partial charge in [0.05, 0.1) is 6.54 Å². The second-order valence-corrected chi connectivity index (χ2v) is 12.1. The minimum atomic E-state index is -0.471. The number of primary amides is 1. The molecule has 1 aromatic rings. The van der Waals surface area contributed by atoms with Gasteiger partial charge in [0.15, 0.2) is 0 Å². The Morgan fingerprint density at radius 1 is 1.08 bits per heavy atom. The lowest BCUT2D eigenvalue weighted by molar-refractivity contribution is -0.135. The molecule has 2 atom stereocenters. The van der Waals surface area contributed by atoms with Gasteiger partial charge >= 0.3 is 0 Å². The number of nitrogens with zero attached hydrogens (tertiary/aromatic N) is 2. The molecule has 198 valence electrons. The van der Waals surface area contributed by atoms with Crippen LogP contribution in [-0.4, -0.2) is 60.2 Å². The minimum absolute atomic E-state index is 0.00330. The summed E-state index contributed by atoms with van der Waals surface area (Å²) in [6, 6.07) is 5.10. The van der Waals surface area contributed by atoms with Crippen LogP contribution in [0.2, 0.25) is 5.02 Å². The summed E-state index contributed by atoms with van der Waals surface area (Å²) < 4.78 is 0. The Labute approximate surface area is 220 Å². The smallest absolute Gasteiger partial charge is 0.249 e. The van der Waals surface area contributed by atoms with Crippen molar-refractivity contribution >= 4 is 29.3 Å². The Bertz CT molecular complexity index is 962. The van der Waals surface area contributed by atoms with Crippen molar-refractivity contribution in [3.05, 3.63) is 34.3 Å². The molecule has 3 fully saturated rings. The number of piperazine rings is 1. The van der Waals surface area contributed by atoms with Crippen molar-refractivity contribution in [3.63, 3.8) is 0 Å². The molecule has 1 saturated heterocycles. The number of benzene rings is 1. The molecule has 1 aliphatic heterocycles. The fourth-order valence-electron chi connectivity index (χ4n) is 7.06. The van der Waals surface area contributed by atoms with Gasteiger partial charge in [0.2, 0.25) is 17.7 Å². The zero-order chi connectivity index (χ0) is 25.9. The van der Waals surface area contributed by atoms with E-state index in [-0.39, 0.29) is 23.8 Å². The van der Waals surface area contributed by atoms with Crippen molar-refractivity contribution in [2.75, 3.05) is 32.7 Å². The number of hydrogen-bond acceptors (Lipinski definition) is 4. The van der Waals surface area contributed by atoms with Crippen LogP contribution < -0.4 is 11.1 Å². The van der Waals surface area contributed by atoms with E-state index < -0.39 is 5.91 Å². The van der Waals surface area contributed by atoms with Crippen LogP contribution in [0.3, 0.4) is 0 Å². The van der Waals surface area contributed by atoms with Crippen LogP contribution in [0.5, 0.6) is 0 Å². The Kier molecular flexibility index (Phi) is 8.61. The number of rotatable bonds is 8. The fraction of sp³-hybridized carbons (Fsp3) is 0.679. The number of carbonyl (C=O) groups is 3. The van der Waals surface area contributed by atoms with Crippen molar-refractivity contribution in [1.82, 2.24) is 15.1 Å². The molecule has 0 spiro atoms. The maximum absolute atomic E-state index is 12.8. The summed E-state index contributed by atoms with van der Waals surface area (Å²) in [4.78, 5) is 41.3. The average Bonchev–Trinajstić information content (AvgIpc) is 2.81. The molecule has 3 amide bonds. The van der Waals surface area contributed by atoms with Crippen molar-refractivity contribution < 1.29 is 14.4 Å². The normalized spacial score (nSPS) is 28.5. The summed E-state index contributed by atoms with van der Waals surface area (Å²) in [5, 5.41) is 3.47. The highest BCUT2D eigenvalue weighted by Crippen LogP contribution is 2.52. The highest BCUT2D eigenvalue weighted by Gasteiger charge is 2.42. The lowest BCUT2D eigenvalue weighted by Crippen LogP contribution is -2.51. The molecule has 2 bridgehead atoms. The molecule has 0 aromatic heterocycles. The number of halogens is 1. The first kappa shape index (κ1) is 26.9. The predicted molar refractivity (Wildman–Crippen MR) is 141 cm³/mol. The molecule has 0 radical (unpaired) electrons. The van der Waals surface area contributed by atoms with E-state index in [2.05, 4.69) is 24.1 Å². The Hall–Kier alpha value is -2.12. The molecule has 8 heteroatoms. The van der Waals surface area contributed by atoms with E-state index in [1.807, 2.05) is 0 Å². The fourth-order valence-corrected chi connectivity index (χ4v) is 7.25. The quantitative estimate of drug-likeness (QED) is 0.549. The first-order valence-electron chi connectivity index (χ1n) is 13.5. The van der Waals surface area contributed by atoms with Gasteiger partial charge in [-0.15, -0.1) is 0 Å². The summed E-state index contributed by atoms with van der Waals surface area (Å²) in [5.74, 6) is 1.85. The third kappa shape index (κ3) is 6.80. The number of nitrogens with two attached hydrogens (primary N) is 1. The van der Waals surface area contributed by atoms with E-state index >= 15 is 0 Å². The van der Waals surface area contributed by atoms with E-state index in [9.17, 15) is 14.4 Å². The van der Waals surface area contributed by atoms with Gasteiger partial charge in [-0.25, -0.2) is 0 Å². The first-order chi connectivity index (χ1) is 17.1. The van der Waals surface area contributed by atoms with E-state index in [0.29, 0.717) is 49.7 Å². The van der Waals surface area contributed by atoms with Crippen LogP contribution in [0.15, 0.2) is 18.2 Å². The molecule has 4 rings (SSSR count). The second-order valence-electron chi connectivity index (χ2n) is 11.7. The minimum Gasteiger partial charge on any atom is -0.366 e. The van der Waals surface area contributed by atoms with Crippen LogP contribution in [0.25, 0.3) is 0 Å². The largest absolute Gasteiger partial charge is 0.366 e. The third-order valence-corrected chi connectivity index (χ3v) is 8.85. The monoisotopic (exact) mass is 516 g/mol. The van der Waals surface area contributed by atoms with Gasteiger partial charge < -0.3 is 16.0 Å². The maximum Gasteiger partial charge on any atom is 0.249 e. The van der Waals surface area contributed by atoms with Crippen molar-refractivity contribution in [2.45, 2.75) is 65.3 Å². The summed E-state index contributed by atoms with van der Waals surface area (Å²) in [7, 11) is 0.